The summed E-state index contributed by atoms with van der Waals surface area (Å²) in [5.41, 5.74) is 3.40. The predicted molar refractivity (Wildman–Crippen MR) is 120 cm³/mol. The van der Waals surface area contributed by atoms with Crippen molar-refractivity contribution in [3.8, 4) is 0 Å². The maximum Gasteiger partial charge on any atom is 0.224 e. The van der Waals surface area contributed by atoms with Crippen molar-refractivity contribution in [2.24, 2.45) is 4.99 Å². The maximum atomic E-state index is 13.2. The van der Waals surface area contributed by atoms with Gasteiger partial charge in [0.25, 0.3) is 0 Å². The van der Waals surface area contributed by atoms with Crippen LogP contribution in [0.2, 0.25) is 0 Å². The monoisotopic (exact) mass is 496 g/mol. The van der Waals surface area contributed by atoms with Crippen LogP contribution in [0.25, 0.3) is 0 Å². The Morgan fingerprint density at radius 2 is 1.86 bits per heavy atom. The van der Waals surface area contributed by atoms with E-state index in [0.717, 1.165) is 25.5 Å². The second-order valence-electron chi connectivity index (χ2n) is 6.57. The van der Waals surface area contributed by atoms with Crippen molar-refractivity contribution >= 4 is 35.8 Å². The van der Waals surface area contributed by atoms with Crippen LogP contribution < -0.4 is 10.6 Å². The van der Waals surface area contributed by atoms with Crippen molar-refractivity contribution in [1.29, 1.82) is 0 Å². The summed E-state index contributed by atoms with van der Waals surface area (Å²) in [6.07, 6.45) is 1.18. The zero-order chi connectivity index (χ0) is 19.1. The Kier molecular flexibility index (Phi) is 8.69. The topological polar surface area (TPSA) is 56.7 Å². The number of hydrogen-bond donors (Lipinski definition) is 2. The Morgan fingerprint density at radius 1 is 1.11 bits per heavy atom. The molecule has 2 N–H and O–H groups in total. The lowest BCUT2D eigenvalue weighted by Crippen LogP contribution is -2.46. The molecule has 2 aromatic carbocycles. The molecular weight excluding hydrogens is 470 g/mol. The van der Waals surface area contributed by atoms with E-state index in [1.54, 1.807) is 19.2 Å². The van der Waals surface area contributed by atoms with Crippen LogP contribution in [0.5, 0.6) is 0 Å². The summed E-state index contributed by atoms with van der Waals surface area (Å²) in [6, 6.07) is 14.6. The van der Waals surface area contributed by atoms with Gasteiger partial charge in [-0.3, -0.25) is 9.79 Å². The van der Waals surface area contributed by atoms with Gasteiger partial charge in [-0.1, -0.05) is 36.4 Å². The fraction of sp³-hybridized carbons (Fsp3) is 0.333. The molecule has 2 aromatic rings. The predicted octanol–water partition coefficient (Wildman–Crippen LogP) is 2.74. The molecule has 0 radical (unpaired) electrons. The van der Waals surface area contributed by atoms with Crippen LogP contribution in [0, 0.1) is 5.82 Å². The molecule has 28 heavy (non-hydrogen) atoms. The van der Waals surface area contributed by atoms with Crippen LogP contribution in [-0.2, 0) is 24.2 Å². The van der Waals surface area contributed by atoms with Gasteiger partial charge in [-0.2, -0.15) is 0 Å². The van der Waals surface area contributed by atoms with Gasteiger partial charge >= 0.3 is 0 Å². The van der Waals surface area contributed by atoms with E-state index in [2.05, 4.69) is 44.8 Å². The van der Waals surface area contributed by atoms with Gasteiger partial charge in [-0.15, -0.1) is 24.0 Å². The first-order chi connectivity index (χ1) is 13.2. The number of carbonyl (C=O) groups is 1. The van der Waals surface area contributed by atoms with Gasteiger partial charge in [-0.05, 0) is 35.2 Å². The van der Waals surface area contributed by atoms with Crippen LogP contribution in [0.3, 0.4) is 0 Å². The molecule has 7 heteroatoms. The normalized spacial score (nSPS) is 13.4. The van der Waals surface area contributed by atoms with Gasteiger partial charge in [0.05, 0.1) is 6.42 Å². The molecule has 0 aliphatic carbocycles. The SMILES string of the molecule is CN=C(NCCNC(=O)Cc1cccc(F)c1)N1CCc2ccccc2C1.I. The highest BCUT2D eigenvalue weighted by atomic mass is 127. The van der Waals surface area contributed by atoms with Gasteiger partial charge in [0.1, 0.15) is 5.82 Å². The number of nitrogens with zero attached hydrogens (tertiary/aromatic N) is 2. The minimum atomic E-state index is -0.325. The zero-order valence-electron chi connectivity index (χ0n) is 16.0. The average molecular weight is 496 g/mol. The first-order valence-electron chi connectivity index (χ1n) is 9.19. The van der Waals surface area contributed by atoms with Gasteiger partial charge in [0.15, 0.2) is 5.96 Å². The standard InChI is InChI=1S/C21H25FN4O.HI/c1-23-21(26-12-9-17-6-2-3-7-18(17)15-26)25-11-10-24-20(27)14-16-5-4-8-19(22)13-16;/h2-8,13H,9-12,14-15H2,1H3,(H,23,25)(H,24,27);1H. The third-order valence-electron chi connectivity index (χ3n) is 4.63. The maximum absolute atomic E-state index is 13.2. The molecule has 1 aliphatic rings. The van der Waals surface area contributed by atoms with E-state index in [9.17, 15) is 9.18 Å². The molecule has 150 valence electrons. The third-order valence-corrected chi connectivity index (χ3v) is 4.63. The summed E-state index contributed by atoms with van der Waals surface area (Å²) < 4.78 is 13.2. The Bertz CT molecular complexity index is 828. The highest BCUT2D eigenvalue weighted by Gasteiger charge is 2.18. The van der Waals surface area contributed by atoms with E-state index in [4.69, 9.17) is 0 Å². The molecule has 0 spiro atoms. The molecule has 0 saturated heterocycles. The number of nitrogens with one attached hydrogen (secondary N) is 2. The first-order valence-corrected chi connectivity index (χ1v) is 9.19. The fourth-order valence-electron chi connectivity index (χ4n) is 3.28. The molecular formula is C21H26FIN4O. The Balaban J connectivity index is 0.00000280. The van der Waals surface area contributed by atoms with Crippen molar-refractivity contribution in [3.05, 3.63) is 71.0 Å². The number of rotatable bonds is 5. The molecule has 1 heterocycles. The largest absolute Gasteiger partial charge is 0.354 e. The molecule has 1 aliphatic heterocycles. The van der Waals surface area contributed by atoms with E-state index in [1.165, 1.54) is 23.3 Å². The summed E-state index contributed by atoms with van der Waals surface area (Å²) in [5, 5.41) is 6.15. The molecule has 3 rings (SSSR count). The van der Waals surface area contributed by atoms with E-state index in [0.29, 0.717) is 18.7 Å². The summed E-state index contributed by atoms with van der Waals surface area (Å²) >= 11 is 0. The van der Waals surface area contributed by atoms with Crippen LogP contribution in [0.4, 0.5) is 4.39 Å². The lowest BCUT2D eigenvalue weighted by molar-refractivity contribution is -0.120. The van der Waals surface area contributed by atoms with Gasteiger partial charge in [-0.25, -0.2) is 4.39 Å². The fourth-order valence-corrected chi connectivity index (χ4v) is 3.28. The van der Waals surface area contributed by atoms with E-state index in [1.807, 2.05) is 0 Å². The van der Waals surface area contributed by atoms with Crippen LogP contribution in [-0.4, -0.2) is 43.4 Å². The van der Waals surface area contributed by atoms with Crippen LogP contribution in [0.15, 0.2) is 53.5 Å². The summed E-state index contributed by atoms with van der Waals surface area (Å²) in [7, 11) is 1.77. The van der Waals surface area contributed by atoms with E-state index in [-0.39, 0.29) is 42.1 Å². The minimum absolute atomic E-state index is 0. The second kappa shape index (κ2) is 11.0. The number of aliphatic imine (C=N–C) groups is 1. The summed E-state index contributed by atoms with van der Waals surface area (Å²) in [4.78, 5) is 18.5. The lowest BCUT2D eigenvalue weighted by Gasteiger charge is -2.31. The number of hydrogen-bond acceptors (Lipinski definition) is 2. The molecule has 5 nitrogen and oxygen atoms in total. The van der Waals surface area contributed by atoms with E-state index < -0.39 is 0 Å². The number of benzene rings is 2. The number of amides is 1. The highest BCUT2D eigenvalue weighted by Crippen LogP contribution is 2.18. The molecule has 0 saturated carbocycles. The molecule has 0 fully saturated rings. The second-order valence-corrected chi connectivity index (χ2v) is 6.57. The molecule has 1 amide bonds. The van der Waals surface area contributed by atoms with Crippen molar-refractivity contribution in [1.82, 2.24) is 15.5 Å². The van der Waals surface area contributed by atoms with Gasteiger partial charge in [0, 0.05) is 33.2 Å². The molecule has 0 aromatic heterocycles. The highest BCUT2D eigenvalue weighted by molar-refractivity contribution is 14.0. The summed E-state index contributed by atoms with van der Waals surface area (Å²) in [6.45, 7) is 2.82. The number of fused-ring (bicyclic) bond motifs is 1. The number of guanidine groups is 1. The smallest absolute Gasteiger partial charge is 0.224 e. The molecule has 0 atom stereocenters. The Labute approximate surface area is 182 Å². The number of carbonyl (C=O) groups excluding carboxylic acids is 1. The first kappa shape index (κ1) is 22.1. The zero-order valence-corrected chi connectivity index (χ0v) is 18.3. The van der Waals surface area contributed by atoms with Crippen molar-refractivity contribution in [3.63, 3.8) is 0 Å². The van der Waals surface area contributed by atoms with Gasteiger partial charge in [0.2, 0.25) is 5.91 Å². The van der Waals surface area contributed by atoms with E-state index >= 15 is 0 Å². The van der Waals surface area contributed by atoms with Crippen molar-refractivity contribution < 1.29 is 9.18 Å². The third kappa shape index (κ3) is 6.19. The molecule has 0 bridgehead atoms. The van der Waals surface area contributed by atoms with Crippen molar-refractivity contribution in [2.45, 2.75) is 19.4 Å². The van der Waals surface area contributed by atoms with Crippen molar-refractivity contribution in [2.75, 3.05) is 26.7 Å². The van der Waals surface area contributed by atoms with Crippen LogP contribution in [0.1, 0.15) is 16.7 Å². The van der Waals surface area contributed by atoms with Crippen LogP contribution >= 0.6 is 24.0 Å². The Morgan fingerprint density at radius 3 is 2.61 bits per heavy atom. The Hall–Kier alpha value is -2.16. The van der Waals surface area contributed by atoms with Gasteiger partial charge < -0.3 is 15.5 Å². The summed E-state index contributed by atoms with van der Waals surface area (Å²) in [5.74, 6) is 0.391. The minimum Gasteiger partial charge on any atom is -0.354 e. The lowest BCUT2D eigenvalue weighted by atomic mass is 10.0. The molecule has 0 unspecified atom stereocenters. The average Bonchev–Trinajstić information content (AvgIpc) is 2.68. The number of halogens is 2. The quantitative estimate of drug-likeness (QED) is 0.290.